The summed E-state index contributed by atoms with van der Waals surface area (Å²) in [4.78, 5) is 0. The topological polar surface area (TPSA) is 43.8 Å². The molecule has 2 rings (SSSR count). The van der Waals surface area contributed by atoms with Gasteiger partial charge in [0.15, 0.2) is 0 Å². The zero-order valence-electron chi connectivity index (χ0n) is 8.44. The third kappa shape index (κ3) is 1.97. The number of nitrogen functional groups attached to an aromatic ring is 1. The van der Waals surface area contributed by atoms with Gasteiger partial charge in [0.2, 0.25) is 0 Å². The molecule has 0 aliphatic rings. The average molecular weight is 222 g/mol. The molecule has 0 atom stereocenters. The van der Waals surface area contributed by atoms with E-state index in [-0.39, 0.29) is 0 Å². The van der Waals surface area contributed by atoms with E-state index in [1.165, 1.54) is 0 Å². The number of halogens is 1. The molecule has 0 amide bonds. The summed E-state index contributed by atoms with van der Waals surface area (Å²) >= 11 is 5.94. The van der Waals surface area contributed by atoms with Crippen LogP contribution < -0.4 is 5.73 Å². The van der Waals surface area contributed by atoms with E-state index >= 15 is 0 Å². The van der Waals surface area contributed by atoms with E-state index in [9.17, 15) is 0 Å². The smallest absolute Gasteiger partial charge is 0.146 e. The Labute approximate surface area is 93.5 Å². The molecule has 1 heterocycles. The van der Waals surface area contributed by atoms with Crippen molar-refractivity contribution in [3.8, 4) is 11.3 Å². The lowest BCUT2D eigenvalue weighted by Gasteiger charge is -2.04. The van der Waals surface area contributed by atoms with Gasteiger partial charge in [-0.1, -0.05) is 23.7 Å². The Bertz CT molecular complexity index is 476. The van der Waals surface area contributed by atoms with Crippen molar-refractivity contribution >= 4 is 17.4 Å². The van der Waals surface area contributed by atoms with E-state index in [0.717, 1.165) is 22.8 Å². The lowest BCUT2D eigenvalue weighted by atomic mass is 10.1. The minimum absolute atomic E-state index is 0.534. The Kier molecular flexibility index (Phi) is 2.64. The first-order chi connectivity index (χ1) is 7.20. The third-order valence-electron chi connectivity index (χ3n) is 2.22. The molecule has 78 valence electrons. The fraction of sp³-hybridized carbons (Fsp3) is 0.182. The molecule has 2 aromatic rings. The molecule has 0 saturated heterocycles. The summed E-state index contributed by atoms with van der Waals surface area (Å²) in [6.07, 6.45) is 0. The van der Waals surface area contributed by atoms with E-state index in [4.69, 9.17) is 17.3 Å². The van der Waals surface area contributed by atoms with Crippen LogP contribution in [0, 0.1) is 0 Å². The number of aromatic nitrogens is 2. The van der Waals surface area contributed by atoms with Crippen LogP contribution in [-0.2, 0) is 6.54 Å². The summed E-state index contributed by atoms with van der Waals surface area (Å²) in [5, 5.41) is 4.90. The van der Waals surface area contributed by atoms with Crippen molar-refractivity contribution in [1.29, 1.82) is 0 Å². The Morgan fingerprint density at radius 3 is 2.87 bits per heavy atom. The zero-order valence-corrected chi connectivity index (χ0v) is 9.20. The summed E-state index contributed by atoms with van der Waals surface area (Å²) in [5.74, 6) is 0.534. The van der Waals surface area contributed by atoms with Crippen molar-refractivity contribution in [2.45, 2.75) is 13.5 Å². The van der Waals surface area contributed by atoms with Crippen LogP contribution in [0.25, 0.3) is 11.3 Å². The molecular weight excluding hydrogens is 210 g/mol. The SMILES string of the molecule is CCn1nc(N)cc1-c1cccc(Cl)c1. The van der Waals surface area contributed by atoms with Gasteiger partial charge in [0.05, 0.1) is 5.69 Å². The fourth-order valence-corrected chi connectivity index (χ4v) is 1.75. The maximum Gasteiger partial charge on any atom is 0.146 e. The van der Waals surface area contributed by atoms with Crippen molar-refractivity contribution in [1.82, 2.24) is 9.78 Å². The van der Waals surface area contributed by atoms with Crippen molar-refractivity contribution in [3.63, 3.8) is 0 Å². The number of rotatable bonds is 2. The van der Waals surface area contributed by atoms with Crippen LogP contribution in [0.15, 0.2) is 30.3 Å². The summed E-state index contributed by atoms with van der Waals surface area (Å²) in [6, 6.07) is 9.52. The van der Waals surface area contributed by atoms with Gasteiger partial charge >= 0.3 is 0 Å². The van der Waals surface area contributed by atoms with Gasteiger partial charge in [-0.25, -0.2) is 0 Å². The first-order valence-corrected chi connectivity index (χ1v) is 5.17. The second-order valence-electron chi connectivity index (χ2n) is 3.28. The van der Waals surface area contributed by atoms with E-state index in [1.54, 1.807) is 0 Å². The second-order valence-corrected chi connectivity index (χ2v) is 3.72. The van der Waals surface area contributed by atoms with Crippen molar-refractivity contribution in [2.75, 3.05) is 5.73 Å². The molecule has 0 aliphatic heterocycles. The van der Waals surface area contributed by atoms with Gasteiger partial charge in [-0.05, 0) is 19.1 Å². The third-order valence-corrected chi connectivity index (χ3v) is 2.45. The number of benzene rings is 1. The molecule has 0 saturated carbocycles. The first kappa shape index (κ1) is 10.1. The average Bonchev–Trinajstić information content (AvgIpc) is 2.59. The van der Waals surface area contributed by atoms with Crippen LogP contribution in [-0.4, -0.2) is 9.78 Å². The summed E-state index contributed by atoms with van der Waals surface area (Å²) in [5.41, 5.74) is 7.70. The van der Waals surface area contributed by atoms with E-state index < -0.39 is 0 Å². The first-order valence-electron chi connectivity index (χ1n) is 4.80. The van der Waals surface area contributed by atoms with Crippen LogP contribution in [0.2, 0.25) is 5.02 Å². The highest BCUT2D eigenvalue weighted by Gasteiger charge is 2.06. The molecule has 1 aromatic heterocycles. The molecule has 0 spiro atoms. The van der Waals surface area contributed by atoms with E-state index in [1.807, 2.05) is 41.9 Å². The van der Waals surface area contributed by atoms with Crippen molar-refractivity contribution < 1.29 is 0 Å². The maximum atomic E-state index is 5.94. The van der Waals surface area contributed by atoms with Gasteiger partial charge in [-0.2, -0.15) is 5.10 Å². The van der Waals surface area contributed by atoms with E-state index in [0.29, 0.717) is 5.82 Å². The van der Waals surface area contributed by atoms with Crippen molar-refractivity contribution in [3.05, 3.63) is 35.4 Å². The molecule has 15 heavy (non-hydrogen) atoms. The summed E-state index contributed by atoms with van der Waals surface area (Å²) in [7, 11) is 0. The van der Waals surface area contributed by atoms with Gasteiger partial charge < -0.3 is 5.73 Å². The second kappa shape index (κ2) is 3.95. The Balaban J connectivity index is 2.53. The van der Waals surface area contributed by atoms with Gasteiger partial charge in [0, 0.05) is 23.2 Å². The number of aryl methyl sites for hydroxylation is 1. The standard InChI is InChI=1S/C11H12ClN3/c1-2-15-10(7-11(13)14-15)8-4-3-5-9(12)6-8/h3-7H,2H2,1H3,(H2,13,14). The maximum absolute atomic E-state index is 5.94. The van der Waals surface area contributed by atoms with Crippen molar-refractivity contribution in [2.24, 2.45) is 0 Å². The Morgan fingerprint density at radius 2 is 2.20 bits per heavy atom. The van der Waals surface area contributed by atoms with Crippen LogP contribution in [0.3, 0.4) is 0 Å². The summed E-state index contributed by atoms with van der Waals surface area (Å²) < 4.78 is 1.86. The molecule has 3 nitrogen and oxygen atoms in total. The number of hydrogen-bond donors (Lipinski definition) is 1. The Hall–Kier alpha value is -1.48. The molecular formula is C11H12ClN3. The van der Waals surface area contributed by atoms with Crippen LogP contribution in [0.5, 0.6) is 0 Å². The Morgan fingerprint density at radius 1 is 1.40 bits per heavy atom. The molecule has 0 fully saturated rings. The van der Waals surface area contributed by atoms with Gasteiger partial charge in [-0.3, -0.25) is 4.68 Å². The highest BCUT2D eigenvalue weighted by Crippen LogP contribution is 2.24. The molecule has 0 radical (unpaired) electrons. The molecule has 0 aliphatic carbocycles. The number of hydrogen-bond acceptors (Lipinski definition) is 2. The monoisotopic (exact) mass is 221 g/mol. The molecule has 4 heteroatoms. The van der Waals surface area contributed by atoms with E-state index in [2.05, 4.69) is 5.10 Å². The predicted octanol–water partition coefficient (Wildman–Crippen LogP) is 2.81. The zero-order chi connectivity index (χ0) is 10.8. The van der Waals surface area contributed by atoms with Crippen LogP contribution in [0.1, 0.15) is 6.92 Å². The van der Waals surface area contributed by atoms with Gasteiger partial charge in [-0.15, -0.1) is 0 Å². The highest BCUT2D eigenvalue weighted by molar-refractivity contribution is 6.30. The number of anilines is 1. The van der Waals surface area contributed by atoms with Crippen LogP contribution in [0.4, 0.5) is 5.82 Å². The van der Waals surface area contributed by atoms with Crippen LogP contribution >= 0.6 is 11.6 Å². The fourth-order valence-electron chi connectivity index (χ4n) is 1.56. The van der Waals surface area contributed by atoms with Gasteiger partial charge in [0.25, 0.3) is 0 Å². The highest BCUT2D eigenvalue weighted by atomic mass is 35.5. The quantitative estimate of drug-likeness (QED) is 0.848. The summed E-state index contributed by atoms with van der Waals surface area (Å²) in [6.45, 7) is 2.82. The minimum atomic E-state index is 0.534. The molecule has 0 unspecified atom stereocenters. The normalized spacial score (nSPS) is 10.5. The molecule has 2 N–H and O–H groups in total. The lowest BCUT2D eigenvalue weighted by Crippen LogP contribution is -1.99. The number of nitrogens with zero attached hydrogens (tertiary/aromatic N) is 2. The number of nitrogens with two attached hydrogens (primary N) is 1. The largest absolute Gasteiger partial charge is 0.382 e. The predicted molar refractivity (Wildman–Crippen MR) is 62.8 cm³/mol. The lowest BCUT2D eigenvalue weighted by molar-refractivity contribution is 0.670. The molecule has 1 aromatic carbocycles. The van der Waals surface area contributed by atoms with Gasteiger partial charge in [0.1, 0.15) is 5.82 Å². The minimum Gasteiger partial charge on any atom is -0.382 e. The molecule has 0 bridgehead atoms.